The molecule has 0 amide bonds. The van der Waals surface area contributed by atoms with Crippen molar-refractivity contribution in [1.82, 2.24) is 0 Å². The Morgan fingerprint density at radius 2 is 1.86 bits per heavy atom. The fourth-order valence-electron chi connectivity index (χ4n) is 0.919. The lowest BCUT2D eigenvalue weighted by Gasteiger charge is -2.11. The van der Waals surface area contributed by atoms with Gasteiger partial charge in [-0.1, -0.05) is 12.1 Å². The van der Waals surface area contributed by atoms with E-state index in [9.17, 15) is 13.2 Å². The first kappa shape index (κ1) is 10.8. The maximum atomic E-state index is 11.8. The number of rotatable bonds is 2. The lowest BCUT2D eigenvalue weighted by molar-refractivity contribution is -0.274. The van der Waals surface area contributed by atoms with E-state index >= 15 is 0 Å². The van der Waals surface area contributed by atoms with Crippen LogP contribution in [0.25, 0.3) is 0 Å². The Bertz CT molecular complexity index is 312. The Morgan fingerprint density at radius 3 is 2.36 bits per heavy atom. The van der Waals surface area contributed by atoms with Crippen LogP contribution in [0, 0.1) is 0 Å². The van der Waals surface area contributed by atoms with E-state index in [1.807, 2.05) is 0 Å². The Morgan fingerprint density at radius 1 is 1.21 bits per heavy atom. The van der Waals surface area contributed by atoms with Gasteiger partial charge in [-0.2, -0.15) is 0 Å². The summed E-state index contributed by atoms with van der Waals surface area (Å²) in [6.45, 7) is 0. The van der Waals surface area contributed by atoms with Crippen LogP contribution in [0.4, 0.5) is 13.2 Å². The maximum Gasteiger partial charge on any atom is 0.573 e. The molecule has 0 saturated heterocycles. The summed E-state index contributed by atoms with van der Waals surface area (Å²) < 4.78 is 39.0. The van der Waals surface area contributed by atoms with Crippen molar-refractivity contribution in [2.45, 2.75) is 12.5 Å². The van der Waals surface area contributed by atoms with Crippen molar-refractivity contribution in [3.8, 4) is 5.75 Å². The number of nitrogens with two attached hydrogens (primary N) is 2. The summed E-state index contributed by atoms with van der Waals surface area (Å²) in [4.78, 5) is 0. The predicted octanol–water partition coefficient (Wildman–Crippen LogP) is 1.50. The van der Waals surface area contributed by atoms with E-state index in [-0.39, 0.29) is 5.75 Å². The van der Waals surface area contributed by atoms with Crippen LogP contribution in [0.1, 0.15) is 11.7 Å². The van der Waals surface area contributed by atoms with Crippen LogP contribution in [0.2, 0.25) is 0 Å². The summed E-state index contributed by atoms with van der Waals surface area (Å²) in [6, 6.07) is 5.24. The van der Waals surface area contributed by atoms with Gasteiger partial charge in [0.05, 0.1) is 6.17 Å². The first-order chi connectivity index (χ1) is 6.38. The third-order valence-electron chi connectivity index (χ3n) is 1.48. The average Bonchev–Trinajstić information content (AvgIpc) is 2.01. The minimum atomic E-state index is -4.70. The van der Waals surface area contributed by atoms with Crippen LogP contribution in [0.3, 0.4) is 0 Å². The van der Waals surface area contributed by atoms with Crippen molar-refractivity contribution in [3.05, 3.63) is 29.8 Å². The molecule has 0 atom stereocenters. The molecule has 0 spiro atoms. The van der Waals surface area contributed by atoms with Crippen LogP contribution in [0.5, 0.6) is 5.75 Å². The number of halogens is 3. The molecule has 6 heteroatoms. The van der Waals surface area contributed by atoms with Crippen LogP contribution in [-0.4, -0.2) is 6.36 Å². The quantitative estimate of drug-likeness (QED) is 0.721. The van der Waals surface area contributed by atoms with Crippen LogP contribution in [0.15, 0.2) is 24.3 Å². The Hall–Kier alpha value is -1.27. The number of alkyl halides is 3. The van der Waals surface area contributed by atoms with E-state index in [2.05, 4.69) is 4.74 Å². The number of ether oxygens (including phenoxy) is 1. The first-order valence-electron chi connectivity index (χ1n) is 3.75. The highest BCUT2D eigenvalue weighted by atomic mass is 19.4. The highest BCUT2D eigenvalue weighted by Gasteiger charge is 2.31. The molecule has 1 aromatic carbocycles. The third kappa shape index (κ3) is 3.23. The standard InChI is InChI=1S/C8H9F3N2O/c9-8(10,11)14-6-3-1-2-5(4-6)7(12)13/h1-4,7H,12-13H2. The van der Waals surface area contributed by atoms with Crippen molar-refractivity contribution in [3.63, 3.8) is 0 Å². The number of benzene rings is 1. The normalized spacial score (nSPS) is 11.9. The fourth-order valence-corrected chi connectivity index (χ4v) is 0.919. The maximum absolute atomic E-state index is 11.8. The molecule has 1 aromatic rings. The van der Waals surface area contributed by atoms with Crippen LogP contribution in [-0.2, 0) is 0 Å². The molecule has 1 rings (SSSR count). The molecule has 0 radical (unpaired) electrons. The molecule has 0 aliphatic rings. The van der Waals surface area contributed by atoms with Gasteiger partial charge in [-0.3, -0.25) is 0 Å². The highest BCUT2D eigenvalue weighted by molar-refractivity contribution is 5.30. The topological polar surface area (TPSA) is 61.3 Å². The summed E-state index contributed by atoms with van der Waals surface area (Å²) in [5.41, 5.74) is 11.0. The summed E-state index contributed by atoms with van der Waals surface area (Å²) in [5, 5.41) is 0. The zero-order chi connectivity index (χ0) is 10.8. The third-order valence-corrected chi connectivity index (χ3v) is 1.48. The average molecular weight is 206 g/mol. The molecule has 0 aliphatic carbocycles. The molecule has 0 heterocycles. The van der Waals surface area contributed by atoms with Crippen molar-refractivity contribution in [2.75, 3.05) is 0 Å². The van der Waals surface area contributed by atoms with E-state index in [0.717, 1.165) is 6.07 Å². The second-order valence-electron chi connectivity index (χ2n) is 2.65. The number of hydrogen-bond acceptors (Lipinski definition) is 3. The van der Waals surface area contributed by atoms with E-state index < -0.39 is 12.5 Å². The lowest BCUT2D eigenvalue weighted by Crippen LogP contribution is -2.21. The Balaban J connectivity index is 2.84. The minimum absolute atomic E-state index is 0.323. The van der Waals surface area contributed by atoms with E-state index in [1.54, 1.807) is 0 Å². The molecule has 0 bridgehead atoms. The molecule has 78 valence electrons. The number of hydrogen-bond donors (Lipinski definition) is 2. The molecule has 14 heavy (non-hydrogen) atoms. The zero-order valence-electron chi connectivity index (χ0n) is 7.08. The molecule has 0 fully saturated rings. The minimum Gasteiger partial charge on any atom is -0.406 e. The SMILES string of the molecule is NC(N)c1cccc(OC(F)(F)F)c1. The highest BCUT2D eigenvalue weighted by Crippen LogP contribution is 2.23. The van der Waals surface area contributed by atoms with Crippen molar-refractivity contribution in [2.24, 2.45) is 11.5 Å². The largest absolute Gasteiger partial charge is 0.573 e. The molecule has 0 aliphatic heterocycles. The summed E-state index contributed by atoms with van der Waals surface area (Å²) >= 11 is 0. The molecule has 0 saturated carbocycles. The van der Waals surface area contributed by atoms with E-state index in [0.29, 0.717) is 5.56 Å². The summed E-state index contributed by atoms with van der Waals surface area (Å²) in [7, 11) is 0. The Labute approximate surface area is 78.5 Å². The second-order valence-corrected chi connectivity index (χ2v) is 2.65. The molecule has 4 N–H and O–H groups in total. The fraction of sp³-hybridized carbons (Fsp3) is 0.250. The van der Waals surface area contributed by atoms with Gasteiger partial charge < -0.3 is 16.2 Å². The van der Waals surface area contributed by atoms with Gasteiger partial charge in [0.25, 0.3) is 0 Å². The molecular formula is C8H9F3N2O. The van der Waals surface area contributed by atoms with E-state index in [4.69, 9.17) is 11.5 Å². The molecule has 0 unspecified atom stereocenters. The van der Waals surface area contributed by atoms with Crippen LogP contribution >= 0.6 is 0 Å². The predicted molar refractivity (Wildman–Crippen MR) is 44.2 cm³/mol. The molecule has 3 nitrogen and oxygen atoms in total. The second kappa shape index (κ2) is 3.85. The van der Waals surface area contributed by atoms with Crippen molar-refractivity contribution in [1.29, 1.82) is 0 Å². The van der Waals surface area contributed by atoms with Gasteiger partial charge in [0.2, 0.25) is 0 Å². The summed E-state index contributed by atoms with van der Waals surface area (Å²) in [5.74, 6) is -0.323. The van der Waals surface area contributed by atoms with Crippen LogP contribution < -0.4 is 16.2 Å². The van der Waals surface area contributed by atoms with Crippen molar-refractivity contribution < 1.29 is 17.9 Å². The molecular weight excluding hydrogens is 197 g/mol. The van der Waals surface area contributed by atoms with Gasteiger partial charge in [0.1, 0.15) is 5.75 Å². The Kier molecular flexibility index (Phi) is 2.97. The van der Waals surface area contributed by atoms with E-state index in [1.165, 1.54) is 18.2 Å². The summed E-state index contributed by atoms with van der Waals surface area (Å²) in [6.07, 6.45) is -5.51. The lowest BCUT2D eigenvalue weighted by atomic mass is 10.2. The van der Waals surface area contributed by atoms with Gasteiger partial charge >= 0.3 is 6.36 Å². The monoisotopic (exact) mass is 206 g/mol. The van der Waals surface area contributed by atoms with Gasteiger partial charge in [0, 0.05) is 0 Å². The zero-order valence-corrected chi connectivity index (χ0v) is 7.08. The van der Waals surface area contributed by atoms with Gasteiger partial charge in [-0.05, 0) is 17.7 Å². The van der Waals surface area contributed by atoms with Gasteiger partial charge in [-0.25, -0.2) is 0 Å². The molecule has 0 aromatic heterocycles. The first-order valence-corrected chi connectivity index (χ1v) is 3.75. The smallest absolute Gasteiger partial charge is 0.406 e. The van der Waals surface area contributed by atoms with Crippen molar-refractivity contribution >= 4 is 0 Å². The van der Waals surface area contributed by atoms with Gasteiger partial charge in [0.15, 0.2) is 0 Å². The van der Waals surface area contributed by atoms with Gasteiger partial charge in [-0.15, -0.1) is 13.2 Å².